The molecule has 0 saturated carbocycles. The van der Waals surface area contributed by atoms with Crippen molar-refractivity contribution in [2.45, 2.75) is 39.5 Å². The third-order valence-electron chi connectivity index (χ3n) is 1.48. The van der Waals surface area contributed by atoms with Crippen LogP contribution in [-0.2, 0) is 4.79 Å². The molecule has 3 nitrogen and oxygen atoms in total. The Balaban J connectivity index is 0. The molecule has 0 spiro atoms. The van der Waals surface area contributed by atoms with Crippen molar-refractivity contribution < 1.29 is 14.8 Å². The number of aliphatic carboxylic acids is 1. The van der Waals surface area contributed by atoms with E-state index >= 15 is 0 Å². The lowest BCUT2D eigenvalue weighted by Gasteiger charge is -2.01. The fourth-order valence-electron chi connectivity index (χ4n) is 0.821. The van der Waals surface area contributed by atoms with Crippen LogP contribution in [0.5, 0.6) is 0 Å². The van der Waals surface area contributed by atoms with Gasteiger partial charge in [0, 0.05) is 5.97 Å². The zero-order valence-electron chi connectivity index (χ0n) is 9.35. The monoisotopic (exact) mass is 189 g/mol. The predicted molar refractivity (Wildman–Crippen MR) is 52.5 cm³/mol. The van der Waals surface area contributed by atoms with Crippen LogP contribution in [-0.4, -0.2) is 26.6 Å². The summed E-state index contributed by atoms with van der Waals surface area (Å²) in [6.45, 7) is 5.44. The second-order valence-electron chi connectivity index (χ2n) is 3.43. The lowest BCUT2D eigenvalue weighted by atomic mass is 10.3. The molecule has 13 heavy (non-hydrogen) atoms. The Morgan fingerprint density at radius 3 is 1.85 bits per heavy atom. The molecule has 0 aliphatic heterocycles. The van der Waals surface area contributed by atoms with Gasteiger partial charge in [-0.3, -0.25) is 0 Å². The first-order valence-electron chi connectivity index (χ1n) is 5.03. The predicted octanol–water partition coefficient (Wildman–Crippen LogP) is -0.533. The van der Waals surface area contributed by atoms with Gasteiger partial charge in [-0.1, -0.05) is 20.3 Å². The minimum absolute atomic E-state index is 0.205. The maximum Gasteiger partial charge on any atom is 0.0764 e. The summed E-state index contributed by atoms with van der Waals surface area (Å²) in [6, 6.07) is 0. The first kappa shape index (κ1) is 14.9. The molecule has 80 valence electrons. The number of quaternary nitrogens is 1. The maximum atomic E-state index is 9.65. The summed E-state index contributed by atoms with van der Waals surface area (Å²) in [6.07, 6.45) is 3.16. The molecule has 0 amide bonds. The molecule has 0 aromatic carbocycles. The van der Waals surface area contributed by atoms with E-state index in [1.54, 1.807) is 0 Å². The van der Waals surface area contributed by atoms with Crippen molar-refractivity contribution >= 4 is 5.97 Å². The van der Waals surface area contributed by atoms with Crippen LogP contribution in [0.1, 0.15) is 39.5 Å². The number of hydrogen-bond acceptors (Lipinski definition) is 2. The molecular weight excluding hydrogens is 166 g/mol. The van der Waals surface area contributed by atoms with Gasteiger partial charge < -0.3 is 14.8 Å². The zero-order valence-corrected chi connectivity index (χ0v) is 9.35. The van der Waals surface area contributed by atoms with Crippen LogP contribution in [0.3, 0.4) is 0 Å². The third kappa shape index (κ3) is 24.6. The van der Waals surface area contributed by atoms with Gasteiger partial charge in [0.1, 0.15) is 0 Å². The average molecular weight is 189 g/mol. The van der Waals surface area contributed by atoms with Gasteiger partial charge >= 0.3 is 0 Å². The Bertz CT molecular complexity index is 113. The maximum absolute atomic E-state index is 9.65. The summed E-state index contributed by atoms with van der Waals surface area (Å²) >= 11 is 0. The molecule has 1 N–H and O–H groups in total. The fraction of sp³-hybridized carbons (Fsp3) is 0.900. The highest BCUT2D eigenvalue weighted by molar-refractivity contribution is 5.63. The van der Waals surface area contributed by atoms with E-state index in [4.69, 9.17) is 0 Å². The summed E-state index contributed by atoms with van der Waals surface area (Å²) in [5, 5.41) is 9.65. The minimum Gasteiger partial charge on any atom is -0.550 e. The number of carboxylic acid groups (broad SMARTS) is 1. The normalized spacial score (nSPS) is 9.31. The Morgan fingerprint density at radius 1 is 1.23 bits per heavy atom. The molecule has 0 atom stereocenters. The molecule has 0 radical (unpaired) electrons. The van der Waals surface area contributed by atoms with Crippen LogP contribution in [0.2, 0.25) is 0 Å². The molecule has 0 fully saturated rings. The van der Waals surface area contributed by atoms with Crippen LogP contribution >= 0.6 is 0 Å². The van der Waals surface area contributed by atoms with E-state index in [1.165, 1.54) is 17.9 Å². The van der Waals surface area contributed by atoms with Crippen LogP contribution in [0.4, 0.5) is 0 Å². The third-order valence-corrected chi connectivity index (χ3v) is 1.48. The SMILES string of the molecule is CCCCC(=O)[O-].CCC[NH+](C)C. The van der Waals surface area contributed by atoms with Crippen molar-refractivity contribution in [2.75, 3.05) is 20.6 Å². The molecule has 0 aromatic heterocycles. The van der Waals surface area contributed by atoms with Gasteiger partial charge in [0.05, 0.1) is 20.6 Å². The fourth-order valence-corrected chi connectivity index (χ4v) is 0.821. The molecule has 0 heterocycles. The minimum atomic E-state index is -0.943. The van der Waals surface area contributed by atoms with Crippen molar-refractivity contribution in [3.8, 4) is 0 Å². The van der Waals surface area contributed by atoms with Gasteiger partial charge in [-0.25, -0.2) is 0 Å². The van der Waals surface area contributed by atoms with Crippen molar-refractivity contribution in [3.63, 3.8) is 0 Å². The highest BCUT2D eigenvalue weighted by atomic mass is 16.4. The van der Waals surface area contributed by atoms with Crippen LogP contribution < -0.4 is 10.0 Å². The van der Waals surface area contributed by atoms with Gasteiger partial charge in [0.15, 0.2) is 0 Å². The van der Waals surface area contributed by atoms with Crippen molar-refractivity contribution in [1.82, 2.24) is 0 Å². The highest BCUT2D eigenvalue weighted by Gasteiger charge is 1.83. The Hall–Kier alpha value is -0.570. The Morgan fingerprint density at radius 2 is 1.77 bits per heavy atom. The number of carbonyl (C=O) groups excluding carboxylic acids is 1. The summed E-state index contributed by atoms with van der Waals surface area (Å²) in [7, 11) is 4.34. The summed E-state index contributed by atoms with van der Waals surface area (Å²) in [5.74, 6) is -0.943. The summed E-state index contributed by atoms with van der Waals surface area (Å²) in [4.78, 5) is 11.2. The van der Waals surface area contributed by atoms with Gasteiger partial charge in [0.25, 0.3) is 0 Å². The molecule has 3 heteroatoms. The van der Waals surface area contributed by atoms with Gasteiger partial charge in [-0.05, 0) is 19.3 Å². The van der Waals surface area contributed by atoms with E-state index in [-0.39, 0.29) is 6.42 Å². The molecule has 0 aromatic rings. The summed E-state index contributed by atoms with van der Waals surface area (Å²) in [5.41, 5.74) is 0. The first-order valence-corrected chi connectivity index (χ1v) is 5.03. The first-order chi connectivity index (χ1) is 6.04. The molecule has 0 bridgehead atoms. The van der Waals surface area contributed by atoms with Crippen molar-refractivity contribution in [1.29, 1.82) is 0 Å². The number of unbranched alkanes of at least 4 members (excludes halogenated alkanes) is 1. The number of carbonyl (C=O) groups is 1. The lowest BCUT2D eigenvalue weighted by molar-refractivity contribution is -0.858. The largest absolute Gasteiger partial charge is 0.550 e. The number of carboxylic acids is 1. The quantitative estimate of drug-likeness (QED) is 0.632. The number of rotatable bonds is 5. The topological polar surface area (TPSA) is 44.6 Å². The van der Waals surface area contributed by atoms with Gasteiger partial charge in [-0.15, -0.1) is 0 Å². The average Bonchev–Trinajstić information content (AvgIpc) is 2.01. The Kier molecular flexibility index (Phi) is 13.1. The second kappa shape index (κ2) is 11.4. The molecule has 0 rings (SSSR count). The van der Waals surface area contributed by atoms with E-state index in [0.717, 1.165) is 12.8 Å². The van der Waals surface area contributed by atoms with Crippen LogP contribution in [0.15, 0.2) is 0 Å². The number of hydrogen-bond donors (Lipinski definition) is 1. The smallest absolute Gasteiger partial charge is 0.0764 e. The van der Waals surface area contributed by atoms with Crippen LogP contribution in [0.25, 0.3) is 0 Å². The van der Waals surface area contributed by atoms with Gasteiger partial charge in [0.2, 0.25) is 0 Å². The van der Waals surface area contributed by atoms with Crippen LogP contribution in [0, 0.1) is 0 Å². The van der Waals surface area contributed by atoms with Gasteiger partial charge in [-0.2, -0.15) is 0 Å². The number of nitrogens with one attached hydrogen (secondary N) is 1. The lowest BCUT2D eigenvalue weighted by Crippen LogP contribution is -3.05. The van der Waals surface area contributed by atoms with E-state index in [0.29, 0.717) is 0 Å². The highest BCUT2D eigenvalue weighted by Crippen LogP contribution is 1.89. The van der Waals surface area contributed by atoms with E-state index in [9.17, 15) is 9.90 Å². The van der Waals surface area contributed by atoms with Crippen molar-refractivity contribution in [3.05, 3.63) is 0 Å². The molecule has 0 aliphatic rings. The second-order valence-corrected chi connectivity index (χ2v) is 3.43. The molecule has 0 saturated heterocycles. The molecular formula is C10H23NO2. The summed E-state index contributed by atoms with van der Waals surface area (Å²) < 4.78 is 0. The zero-order chi connectivity index (χ0) is 10.7. The standard InChI is InChI=1S/C5H13N.C5H10O2/c1-4-5-6(2)3;1-2-3-4-5(6)7/h4-5H2,1-3H3;2-4H2,1H3,(H,6,7). The van der Waals surface area contributed by atoms with E-state index in [2.05, 4.69) is 21.0 Å². The van der Waals surface area contributed by atoms with Crippen molar-refractivity contribution in [2.24, 2.45) is 0 Å². The Labute approximate surface area is 81.7 Å². The molecule has 0 aliphatic carbocycles. The molecule has 0 unspecified atom stereocenters. The van der Waals surface area contributed by atoms with E-state index in [1.807, 2.05) is 6.92 Å². The van der Waals surface area contributed by atoms with E-state index < -0.39 is 5.97 Å².